The molecule has 0 heterocycles. The van der Waals surface area contributed by atoms with Crippen LogP contribution in [-0.2, 0) is 0 Å². The summed E-state index contributed by atoms with van der Waals surface area (Å²) in [6.45, 7) is 0. The molecule has 0 unspecified atom stereocenters. The van der Waals surface area contributed by atoms with E-state index in [1.54, 1.807) is 0 Å². The van der Waals surface area contributed by atoms with Crippen molar-refractivity contribution in [2.45, 2.75) is 4.44 Å². The van der Waals surface area contributed by atoms with Crippen LogP contribution < -0.4 is 0 Å². The van der Waals surface area contributed by atoms with Gasteiger partial charge < -0.3 is 0 Å². The quantitative estimate of drug-likeness (QED) is 0.457. The fraction of sp³-hybridized carbons (Fsp3) is 1.00. The zero-order chi connectivity index (χ0) is 3.41. The van der Waals surface area contributed by atoms with Crippen LogP contribution in [0.3, 0.4) is 0 Å². The summed E-state index contributed by atoms with van der Waals surface area (Å²) < 4.78 is 1.37. The molecule has 0 atom stereocenters. The standard InChI is InChI=1S/C2H4Br.Sn.H/c1-2-3;;/h1-2H2;;. The van der Waals surface area contributed by atoms with Gasteiger partial charge in [-0.15, -0.1) is 0 Å². The Kier molecular flexibility index (Phi) is 5.65. The molecule has 0 spiro atoms. The van der Waals surface area contributed by atoms with E-state index in [-0.39, 0.29) is 0 Å². The van der Waals surface area contributed by atoms with Gasteiger partial charge in [-0.1, -0.05) is 0 Å². The fourth-order valence-electron chi connectivity index (χ4n) is 0. The van der Waals surface area contributed by atoms with Crippen LogP contribution in [0.1, 0.15) is 0 Å². The second-order valence-corrected chi connectivity index (χ2v) is 2.92. The van der Waals surface area contributed by atoms with Crippen molar-refractivity contribution in [3.05, 3.63) is 0 Å². The maximum atomic E-state index is 3.28. The van der Waals surface area contributed by atoms with Gasteiger partial charge in [-0.05, 0) is 0 Å². The Labute approximate surface area is 48.2 Å². The molecule has 0 saturated heterocycles. The molecule has 24 valence electrons. The van der Waals surface area contributed by atoms with Gasteiger partial charge in [0.05, 0.1) is 0 Å². The van der Waals surface area contributed by atoms with Crippen LogP contribution in [-0.4, -0.2) is 27.9 Å². The summed E-state index contributed by atoms with van der Waals surface area (Å²) >= 11 is 4.67. The Morgan fingerprint density at radius 3 is 2.00 bits per heavy atom. The van der Waals surface area contributed by atoms with Gasteiger partial charge in [0.25, 0.3) is 0 Å². The Morgan fingerprint density at radius 2 is 2.00 bits per heavy atom. The first-order valence-corrected chi connectivity index (χ1v) is 4.63. The minimum atomic E-state index is 1.19. The maximum absolute atomic E-state index is 3.28. The normalized spacial score (nSPS) is 7.50. The SMILES string of the molecule is BrC[CH2][SnH]. The summed E-state index contributed by atoms with van der Waals surface area (Å²) in [4.78, 5) is 0. The number of halogens is 1. The molecule has 0 aromatic carbocycles. The molecule has 0 amide bonds. The molecular weight excluding hydrogens is 223 g/mol. The van der Waals surface area contributed by atoms with Crippen LogP contribution in [0.25, 0.3) is 0 Å². The first-order chi connectivity index (χ1) is 1.91. The monoisotopic (exact) mass is 228 g/mol. The van der Waals surface area contributed by atoms with E-state index in [9.17, 15) is 0 Å². The van der Waals surface area contributed by atoms with Crippen molar-refractivity contribution in [2.24, 2.45) is 0 Å². The van der Waals surface area contributed by atoms with Crippen molar-refractivity contribution < 1.29 is 0 Å². The molecule has 0 aliphatic rings. The minimum absolute atomic E-state index is 1.19. The van der Waals surface area contributed by atoms with E-state index in [4.69, 9.17) is 0 Å². The van der Waals surface area contributed by atoms with Crippen molar-refractivity contribution in [3.8, 4) is 0 Å². The second kappa shape index (κ2) is 4.28. The number of hydrogen-bond acceptors (Lipinski definition) is 0. The van der Waals surface area contributed by atoms with Crippen molar-refractivity contribution in [2.75, 3.05) is 5.33 Å². The molecule has 0 aliphatic heterocycles. The van der Waals surface area contributed by atoms with Gasteiger partial charge >= 0.3 is 48.2 Å². The third-order valence-electron chi connectivity index (χ3n) is 0.109. The predicted octanol–water partition coefficient (Wildman–Crippen LogP) is 0.700. The Balaban J connectivity index is 1.97. The van der Waals surface area contributed by atoms with Gasteiger partial charge in [0.2, 0.25) is 0 Å². The molecule has 4 heavy (non-hydrogen) atoms. The molecular formula is C2H5BrSn. The zero-order valence-corrected chi connectivity index (χ0v) is 7.25. The summed E-state index contributed by atoms with van der Waals surface area (Å²) in [5, 5.41) is 1.19. The van der Waals surface area contributed by atoms with E-state index in [0.717, 1.165) is 0 Å². The second-order valence-electron chi connectivity index (χ2n) is 0.478. The molecule has 0 N–H and O–H groups in total. The van der Waals surface area contributed by atoms with E-state index < -0.39 is 0 Å². The fourth-order valence-corrected chi connectivity index (χ4v) is 0. The average Bonchev–Trinajstić information content (AvgIpc) is 1.37. The predicted molar refractivity (Wildman–Crippen MR) is 25.7 cm³/mol. The van der Waals surface area contributed by atoms with E-state index in [1.807, 2.05) is 0 Å². The van der Waals surface area contributed by atoms with E-state index in [1.165, 1.54) is 32.3 Å². The van der Waals surface area contributed by atoms with Crippen LogP contribution in [0, 0.1) is 0 Å². The van der Waals surface area contributed by atoms with Gasteiger partial charge in [0.15, 0.2) is 0 Å². The summed E-state index contributed by atoms with van der Waals surface area (Å²) in [7, 11) is 0. The van der Waals surface area contributed by atoms with Gasteiger partial charge in [0, 0.05) is 0 Å². The molecule has 0 aromatic heterocycles. The molecule has 0 fully saturated rings. The Bertz CT molecular complexity index is 8.00. The van der Waals surface area contributed by atoms with E-state index in [2.05, 4.69) is 15.9 Å². The summed E-state index contributed by atoms with van der Waals surface area (Å²) in [6, 6.07) is 0. The van der Waals surface area contributed by atoms with Crippen molar-refractivity contribution >= 4 is 38.5 Å². The van der Waals surface area contributed by atoms with Crippen molar-refractivity contribution in [1.29, 1.82) is 0 Å². The van der Waals surface area contributed by atoms with Gasteiger partial charge in [-0.2, -0.15) is 0 Å². The molecule has 2 radical (unpaired) electrons. The first-order valence-electron chi connectivity index (χ1n) is 1.18. The topological polar surface area (TPSA) is 0 Å². The van der Waals surface area contributed by atoms with Gasteiger partial charge in [-0.3, -0.25) is 0 Å². The molecule has 0 saturated carbocycles. The van der Waals surface area contributed by atoms with Gasteiger partial charge in [-0.25, -0.2) is 0 Å². The number of alkyl halides is 1. The summed E-state index contributed by atoms with van der Waals surface area (Å²) in [6.07, 6.45) is 0. The van der Waals surface area contributed by atoms with Crippen LogP contribution in [0.5, 0.6) is 0 Å². The summed E-state index contributed by atoms with van der Waals surface area (Å²) in [5.41, 5.74) is 0. The van der Waals surface area contributed by atoms with Crippen LogP contribution >= 0.6 is 15.9 Å². The molecule has 0 nitrogen and oxygen atoms in total. The van der Waals surface area contributed by atoms with Crippen LogP contribution in [0.2, 0.25) is 4.44 Å². The molecule has 0 aromatic rings. The Morgan fingerprint density at radius 1 is 1.75 bits per heavy atom. The number of hydrogen-bond donors (Lipinski definition) is 0. The number of rotatable bonds is 1. The van der Waals surface area contributed by atoms with Gasteiger partial charge in [0.1, 0.15) is 0 Å². The van der Waals surface area contributed by atoms with Crippen LogP contribution in [0.15, 0.2) is 0 Å². The summed E-state index contributed by atoms with van der Waals surface area (Å²) in [5.74, 6) is 0. The Hall–Kier alpha value is 1.28. The zero-order valence-electron chi connectivity index (χ0n) is 2.37. The van der Waals surface area contributed by atoms with Crippen LogP contribution in [0.4, 0.5) is 0 Å². The van der Waals surface area contributed by atoms with E-state index >= 15 is 0 Å². The van der Waals surface area contributed by atoms with Crippen molar-refractivity contribution in [1.82, 2.24) is 0 Å². The molecule has 0 aliphatic carbocycles. The molecule has 2 heteroatoms. The molecule has 0 rings (SSSR count). The van der Waals surface area contributed by atoms with Crippen molar-refractivity contribution in [3.63, 3.8) is 0 Å². The molecule has 0 bridgehead atoms. The third kappa shape index (κ3) is 3.28. The van der Waals surface area contributed by atoms with E-state index in [0.29, 0.717) is 0 Å². The average molecular weight is 228 g/mol. The first kappa shape index (κ1) is 5.28. The third-order valence-corrected chi connectivity index (χ3v) is 3.80.